The second kappa shape index (κ2) is 6.13. The van der Waals surface area contributed by atoms with Crippen molar-refractivity contribution in [2.24, 2.45) is 5.16 Å². The lowest BCUT2D eigenvalue weighted by Gasteiger charge is -2.18. The summed E-state index contributed by atoms with van der Waals surface area (Å²) < 4.78 is 16.8. The van der Waals surface area contributed by atoms with E-state index in [-0.39, 0.29) is 12.0 Å². The normalized spacial score (nSPS) is 19.6. The highest BCUT2D eigenvalue weighted by Gasteiger charge is 2.42. The molecule has 5 nitrogen and oxygen atoms in total. The van der Waals surface area contributed by atoms with Crippen molar-refractivity contribution in [3.63, 3.8) is 0 Å². The summed E-state index contributed by atoms with van der Waals surface area (Å²) in [5.74, 6) is -2.09. The Labute approximate surface area is 152 Å². The van der Waals surface area contributed by atoms with Crippen molar-refractivity contribution < 1.29 is 9.23 Å². The monoisotopic (exact) mass is 376 g/mol. The van der Waals surface area contributed by atoms with Crippen molar-refractivity contribution in [1.29, 1.82) is 0 Å². The smallest absolute Gasteiger partial charge is 0.304 e. The van der Waals surface area contributed by atoms with E-state index in [1.54, 1.807) is 11.0 Å². The van der Waals surface area contributed by atoms with Gasteiger partial charge in [-0.2, -0.15) is 9.49 Å². The molecule has 0 aliphatic carbocycles. The second-order valence-corrected chi connectivity index (χ2v) is 6.45. The number of alkyl halides is 1. The number of rotatable bonds is 3. The maximum Gasteiger partial charge on any atom is 0.304 e. The summed E-state index contributed by atoms with van der Waals surface area (Å²) in [6, 6.07) is 11.9. The average molecular weight is 377 g/mol. The predicted octanol–water partition coefficient (Wildman–Crippen LogP) is 4.52. The van der Waals surface area contributed by atoms with Crippen LogP contribution >= 0.6 is 23.2 Å². The van der Waals surface area contributed by atoms with Gasteiger partial charge in [-0.1, -0.05) is 40.5 Å². The Morgan fingerprint density at radius 2 is 1.80 bits per heavy atom. The van der Waals surface area contributed by atoms with Gasteiger partial charge in [0.15, 0.2) is 0 Å². The lowest BCUT2D eigenvalue weighted by Crippen LogP contribution is -2.20. The van der Waals surface area contributed by atoms with E-state index in [2.05, 4.69) is 15.2 Å². The van der Waals surface area contributed by atoms with Crippen LogP contribution in [-0.2, 0) is 10.7 Å². The van der Waals surface area contributed by atoms with Crippen molar-refractivity contribution in [2.45, 2.75) is 12.3 Å². The number of hydrogen-bond donors (Lipinski definition) is 0. The summed E-state index contributed by atoms with van der Waals surface area (Å²) in [6.45, 7) is 0. The van der Waals surface area contributed by atoms with Crippen LogP contribution < -0.4 is 0 Å². The Kier molecular flexibility index (Phi) is 3.94. The minimum atomic E-state index is -2.09. The zero-order chi connectivity index (χ0) is 17.4. The summed E-state index contributed by atoms with van der Waals surface area (Å²) in [5.41, 5.74) is 2.34. The third-order valence-electron chi connectivity index (χ3n) is 3.87. The van der Waals surface area contributed by atoms with Crippen molar-refractivity contribution in [2.75, 3.05) is 0 Å². The van der Waals surface area contributed by atoms with E-state index >= 15 is 4.39 Å². The fraction of sp³-hybridized carbons (Fsp3) is 0.118. The summed E-state index contributed by atoms with van der Waals surface area (Å²) in [6.07, 6.45) is 3.02. The van der Waals surface area contributed by atoms with Gasteiger partial charge in [0, 0.05) is 15.6 Å². The molecule has 0 amide bonds. The Hall–Kier alpha value is -2.44. The summed E-state index contributed by atoms with van der Waals surface area (Å²) in [7, 11) is 0. The molecule has 0 bridgehead atoms. The van der Waals surface area contributed by atoms with Gasteiger partial charge in [0.05, 0.1) is 17.8 Å². The number of nitrogens with zero attached hydrogens (tertiary/aromatic N) is 4. The van der Waals surface area contributed by atoms with Crippen LogP contribution in [0.25, 0.3) is 5.69 Å². The van der Waals surface area contributed by atoms with E-state index in [4.69, 9.17) is 28.0 Å². The van der Waals surface area contributed by atoms with Crippen LogP contribution in [0.5, 0.6) is 0 Å². The fourth-order valence-corrected chi connectivity index (χ4v) is 3.16. The van der Waals surface area contributed by atoms with Gasteiger partial charge < -0.3 is 4.84 Å². The van der Waals surface area contributed by atoms with Gasteiger partial charge in [-0.3, -0.25) is 0 Å². The highest BCUT2D eigenvalue weighted by atomic mass is 35.5. The molecule has 0 saturated carbocycles. The standard InChI is InChI=1S/C17H11Cl2FN4O/c18-13-5-12(6-14(19)7-13)17(20)8-16(23-25-17)11-1-3-15(4-2-11)24-10-21-9-22-24/h1-7,9-10H,8H2. The molecule has 25 heavy (non-hydrogen) atoms. The van der Waals surface area contributed by atoms with Crippen LogP contribution in [0.4, 0.5) is 4.39 Å². The molecule has 0 spiro atoms. The number of halogens is 3. The van der Waals surface area contributed by atoms with Crippen LogP contribution in [0, 0.1) is 0 Å². The number of aromatic nitrogens is 3. The first-order valence-electron chi connectivity index (χ1n) is 7.39. The zero-order valence-electron chi connectivity index (χ0n) is 12.7. The first-order valence-corrected chi connectivity index (χ1v) is 8.15. The SMILES string of the molecule is FC1(c2cc(Cl)cc(Cl)c2)CC(c2ccc(-n3cncn3)cc2)=NO1. The molecule has 1 aromatic heterocycles. The van der Waals surface area contributed by atoms with Crippen LogP contribution in [0.2, 0.25) is 10.0 Å². The van der Waals surface area contributed by atoms with Crippen LogP contribution in [0.15, 0.2) is 60.3 Å². The molecule has 3 aromatic rings. The highest BCUT2D eigenvalue weighted by Crippen LogP contribution is 2.39. The topological polar surface area (TPSA) is 52.3 Å². The Bertz CT molecular complexity index is 924. The summed E-state index contributed by atoms with van der Waals surface area (Å²) >= 11 is 11.9. The molecule has 0 fully saturated rings. The number of oxime groups is 1. The minimum Gasteiger partial charge on any atom is -0.350 e. The molecule has 1 atom stereocenters. The quantitative estimate of drug-likeness (QED) is 0.674. The molecule has 1 aliphatic rings. The first-order chi connectivity index (χ1) is 12.0. The molecular formula is C17H11Cl2FN4O. The largest absolute Gasteiger partial charge is 0.350 e. The Balaban J connectivity index is 1.57. The average Bonchev–Trinajstić information content (AvgIpc) is 3.25. The molecule has 4 rings (SSSR count). The molecular weight excluding hydrogens is 366 g/mol. The third-order valence-corrected chi connectivity index (χ3v) is 4.31. The van der Waals surface area contributed by atoms with Gasteiger partial charge in [-0.05, 0) is 35.9 Å². The van der Waals surface area contributed by atoms with Crippen LogP contribution in [-0.4, -0.2) is 20.5 Å². The lowest BCUT2D eigenvalue weighted by atomic mass is 9.98. The number of benzene rings is 2. The van der Waals surface area contributed by atoms with Gasteiger partial charge in [0.1, 0.15) is 12.7 Å². The minimum absolute atomic E-state index is 0.0354. The van der Waals surface area contributed by atoms with E-state index in [0.29, 0.717) is 15.8 Å². The predicted molar refractivity (Wildman–Crippen MR) is 92.8 cm³/mol. The third kappa shape index (κ3) is 3.10. The van der Waals surface area contributed by atoms with Gasteiger partial charge in [0.25, 0.3) is 0 Å². The molecule has 126 valence electrons. The molecule has 0 N–H and O–H groups in total. The molecule has 0 radical (unpaired) electrons. The van der Waals surface area contributed by atoms with E-state index in [9.17, 15) is 0 Å². The molecule has 1 unspecified atom stereocenters. The van der Waals surface area contributed by atoms with Gasteiger partial charge in [-0.25, -0.2) is 9.67 Å². The second-order valence-electron chi connectivity index (χ2n) is 5.58. The highest BCUT2D eigenvalue weighted by molar-refractivity contribution is 6.34. The van der Waals surface area contributed by atoms with Gasteiger partial charge in [0.2, 0.25) is 0 Å². The van der Waals surface area contributed by atoms with Crippen molar-refractivity contribution in [1.82, 2.24) is 14.8 Å². The molecule has 2 aromatic carbocycles. The molecule has 0 saturated heterocycles. The Morgan fingerprint density at radius 1 is 1.08 bits per heavy atom. The lowest BCUT2D eigenvalue weighted by molar-refractivity contribution is -0.130. The summed E-state index contributed by atoms with van der Waals surface area (Å²) in [5, 5.41) is 8.65. The zero-order valence-corrected chi connectivity index (χ0v) is 14.2. The van der Waals surface area contributed by atoms with Crippen molar-refractivity contribution >= 4 is 28.9 Å². The van der Waals surface area contributed by atoms with Crippen molar-refractivity contribution in [3.05, 3.63) is 76.3 Å². The van der Waals surface area contributed by atoms with Gasteiger partial charge in [-0.15, -0.1) is 0 Å². The van der Waals surface area contributed by atoms with Crippen LogP contribution in [0.1, 0.15) is 17.5 Å². The molecule has 1 aliphatic heterocycles. The van der Waals surface area contributed by atoms with Gasteiger partial charge >= 0.3 is 5.85 Å². The maximum absolute atomic E-state index is 15.2. The first kappa shape index (κ1) is 16.1. The van der Waals surface area contributed by atoms with Crippen LogP contribution in [0.3, 0.4) is 0 Å². The fourth-order valence-electron chi connectivity index (χ4n) is 2.63. The maximum atomic E-state index is 15.2. The molecule has 2 heterocycles. The number of hydrogen-bond acceptors (Lipinski definition) is 4. The van der Waals surface area contributed by atoms with E-state index in [1.807, 2.05) is 24.3 Å². The van der Waals surface area contributed by atoms with Crippen molar-refractivity contribution in [3.8, 4) is 5.69 Å². The van der Waals surface area contributed by atoms with E-state index in [1.165, 1.54) is 24.5 Å². The molecule has 8 heteroatoms. The summed E-state index contributed by atoms with van der Waals surface area (Å²) in [4.78, 5) is 8.98. The van der Waals surface area contributed by atoms with E-state index < -0.39 is 5.85 Å². The Morgan fingerprint density at radius 3 is 2.44 bits per heavy atom. The van der Waals surface area contributed by atoms with E-state index in [0.717, 1.165) is 11.3 Å².